The number of hydrogen-bond donors (Lipinski definition) is 1. The van der Waals surface area contributed by atoms with Crippen LogP contribution in [-0.2, 0) is 4.79 Å². The molecule has 17 heavy (non-hydrogen) atoms. The zero-order valence-corrected chi connectivity index (χ0v) is 10.2. The van der Waals surface area contributed by atoms with Gasteiger partial charge in [-0.1, -0.05) is 12.1 Å². The fraction of sp³-hybridized carbons (Fsp3) is 0.385. The number of ketones is 1. The summed E-state index contributed by atoms with van der Waals surface area (Å²) in [5.74, 6) is 0.580. The fourth-order valence-corrected chi connectivity index (χ4v) is 1.35. The highest BCUT2D eigenvalue weighted by molar-refractivity contribution is 5.94. The Morgan fingerprint density at radius 1 is 1.35 bits per heavy atom. The van der Waals surface area contributed by atoms with Gasteiger partial charge < -0.3 is 10.1 Å². The molecule has 0 atom stereocenters. The molecule has 4 heteroatoms. The highest BCUT2D eigenvalue weighted by Crippen LogP contribution is 2.13. The van der Waals surface area contributed by atoms with Gasteiger partial charge in [0.15, 0.2) is 5.78 Å². The van der Waals surface area contributed by atoms with E-state index in [0.29, 0.717) is 30.9 Å². The van der Waals surface area contributed by atoms with Gasteiger partial charge in [-0.15, -0.1) is 0 Å². The quantitative estimate of drug-likeness (QED) is 0.765. The Morgan fingerprint density at radius 3 is 2.76 bits per heavy atom. The molecular formula is C13H17NO3. The summed E-state index contributed by atoms with van der Waals surface area (Å²) in [5, 5.41) is 2.69. The van der Waals surface area contributed by atoms with Crippen LogP contribution in [0.1, 0.15) is 30.6 Å². The van der Waals surface area contributed by atoms with Gasteiger partial charge in [0.1, 0.15) is 5.75 Å². The molecule has 1 N–H and O–H groups in total. The Bertz CT molecular complexity index is 401. The minimum absolute atomic E-state index is 0.000763. The summed E-state index contributed by atoms with van der Waals surface area (Å²) in [6.07, 6.45) is 0.318. The largest absolute Gasteiger partial charge is 0.493 e. The lowest BCUT2D eigenvalue weighted by Gasteiger charge is -2.07. The van der Waals surface area contributed by atoms with Crippen molar-refractivity contribution >= 4 is 11.7 Å². The molecule has 0 bridgehead atoms. The van der Waals surface area contributed by atoms with E-state index < -0.39 is 0 Å². The smallest absolute Gasteiger partial charge is 0.223 e. The van der Waals surface area contributed by atoms with Gasteiger partial charge in [-0.2, -0.15) is 0 Å². The summed E-state index contributed by atoms with van der Waals surface area (Å²) in [5.41, 5.74) is 0.612. The molecule has 4 nitrogen and oxygen atoms in total. The van der Waals surface area contributed by atoms with E-state index in [9.17, 15) is 9.59 Å². The van der Waals surface area contributed by atoms with Crippen molar-refractivity contribution in [1.29, 1.82) is 0 Å². The topological polar surface area (TPSA) is 55.4 Å². The van der Waals surface area contributed by atoms with Gasteiger partial charge in [-0.25, -0.2) is 0 Å². The highest BCUT2D eigenvalue weighted by Gasteiger charge is 2.03. The lowest BCUT2D eigenvalue weighted by Crippen LogP contribution is -2.24. The first-order valence-electron chi connectivity index (χ1n) is 5.64. The normalized spacial score (nSPS) is 9.76. The maximum Gasteiger partial charge on any atom is 0.223 e. The zero-order chi connectivity index (χ0) is 12.7. The summed E-state index contributed by atoms with van der Waals surface area (Å²) in [7, 11) is 0. The van der Waals surface area contributed by atoms with E-state index in [-0.39, 0.29) is 11.7 Å². The molecular weight excluding hydrogens is 218 g/mol. The first kappa shape index (κ1) is 13.2. The van der Waals surface area contributed by atoms with E-state index in [4.69, 9.17) is 4.74 Å². The van der Waals surface area contributed by atoms with Crippen molar-refractivity contribution in [2.24, 2.45) is 0 Å². The lowest BCUT2D eigenvalue weighted by atomic mass is 10.1. The molecule has 0 radical (unpaired) electrons. The molecule has 0 aromatic heterocycles. The molecule has 0 heterocycles. The molecule has 92 valence electrons. The van der Waals surface area contributed by atoms with Crippen molar-refractivity contribution in [2.75, 3.05) is 13.2 Å². The number of nitrogens with one attached hydrogen (secondary N) is 1. The number of amides is 1. The predicted octanol–water partition coefficient (Wildman–Crippen LogP) is 1.79. The van der Waals surface area contributed by atoms with Crippen molar-refractivity contribution in [1.82, 2.24) is 5.32 Å². The van der Waals surface area contributed by atoms with E-state index in [1.165, 1.54) is 6.92 Å². The van der Waals surface area contributed by atoms with Crippen LogP contribution < -0.4 is 10.1 Å². The SMILES string of the molecule is CCNC(=O)CCOc1cccc(C(C)=O)c1. The number of carbonyl (C=O) groups excluding carboxylic acids is 2. The van der Waals surface area contributed by atoms with Gasteiger partial charge in [0, 0.05) is 12.1 Å². The molecule has 1 aromatic rings. The molecule has 0 saturated carbocycles. The summed E-state index contributed by atoms with van der Waals surface area (Å²) in [6.45, 7) is 4.31. The summed E-state index contributed by atoms with van der Waals surface area (Å²) < 4.78 is 5.40. The van der Waals surface area contributed by atoms with Crippen LogP contribution in [0.5, 0.6) is 5.75 Å². The van der Waals surface area contributed by atoms with Crippen LogP contribution in [0.25, 0.3) is 0 Å². The number of hydrogen-bond acceptors (Lipinski definition) is 3. The minimum Gasteiger partial charge on any atom is -0.493 e. The standard InChI is InChI=1S/C13H17NO3/c1-3-14-13(16)7-8-17-12-6-4-5-11(9-12)10(2)15/h4-6,9H,3,7-8H2,1-2H3,(H,14,16). The van der Waals surface area contributed by atoms with Gasteiger partial charge in [0.05, 0.1) is 13.0 Å². The Balaban J connectivity index is 2.44. The number of ether oxygens (including phenoxy) is 1. The van der Waals surface area contributed by atoms with Crippen LogP contribution in [-0.4, -0.2) is 24.8 Å². The Kier molecular flexibility index (Phi) is 5.20. The summed E-state index contributed by atoms with van der Waals surface area (Å²) in [4.78, 5) is 22.3. The second kappa shape index (κ2) is 6.68. The second-order valence-corrected chi connectivity index (χ2v) is 3.64. The van der Waals surface area contributed by atoms with Crippen molar-refractivity contribution in [2.45, 2.75) is 20.3 Å². The molecule has 1 amide bonds. The van der Waals surface area contributed by atoms with Crippen molar-refractivity contribution in [3.8, 4) is 5.75 Å². The van der Waals surface area contributed by atoms with Crippen LogP contribution in [0.4, 0.5) is 0 Å². The molecule has 1 rings (SSSR count). The van der Waals surface area contributed by atoms with Gasteiger partial charge in [-0.05, 0) is 26.0 Å². The third-order valence-electron chi connectivity index (χ3n) is 2.21. The molecule has 0 unspecified atom stereocenters. The summed E-state index contributed by atoms with van der Waals surface area (Å²) >= 11 is 0. The van der Waals surface area contributed by atoms with Crippen LogP contribution >= 0.6 is 0 Å². The maximum absolute atomic E-state index is 11.2. The summed E-state index contributed by atoms with van der Waals surface area (Å²) in [6, 6.07) is 6.95. The van der Waals surface area contributed by atoms with Gasteiger partial charge in [0.2, 0.25) is 5.91 Å². The van der Waals surface area contributed by atoms with E-state index in [2.05, 4.69) is 5.32 Å². The Morgan fingerprint density at radius 2 is 2.12 bits per heavy atom. The second-order valence-electron chi connectivity index (χ2n) is 3.64. The van der Waals surface area contributed by atoms with Gasteiger partial charge in [0.25, 0.3) is 0 Å². The fourth-order valence-electron chi connectivity index (χ4n) is 1.35. The minimum atomic E-state index is -0.0322. The number of carbonyl (C=O) groups is 2. The van der Waals surface area contributed by atoms with Crippen molar-refractivity contribution < 1.29 is 14.3 Å². The van der Waals surface area contributed by atoms with Crippen LogP contribution in [0.15, 0.2) is 24.3 Å². The molecule has 0 fully saturated rings. The van der Waals surface area contributed by atoms with E-state index in [1.54, 1.807) is 24.3 Å². The van der Waals surface area contributed by atoms with Crippen LogP contribution in [0, 0.1) is 0 Å². The van der Waals surface area contributed by atoms with E-state index in [1.807, 2.05) is 6.92 Å². The molecule has 0 aliphatic rings. The number of rotatable bonds is 6. The van der Waals surface area contributed by atoms with E-state index >= 15 is 0 Å². The molecule has 0 spiro atoms. The van der Waals surface area contributed by atoms with E-state index in [0.717, 1.165) is 0 Å². The Hall–Kier alpha value is -1.84. The predicted molar refractivity (Wildman–Crippen MR) is 65.2 cm³/mol. The third kappa shape index (κ3) is 4.68. The molecule has 0 aliphatic carbocycles. The van der Waals surface area contributed by atoms with Crippen molar-refractivity contribution in [3.05, 3.63) is 29.8 Å². The number of benzene rings is 1. The highest BCUT2D eigenvalue weighted by atomic mass is 16.5. The monoisotopic (exact) mass is 235 g/mol. The van der Waals surface area contributed by atoms with Gasteiger partial charge in [-0.3, -0.25) is 9.59 Å². The molecule has 0 aliphatic heterocycles. The average molecular weight is 235 g/mol. The lowest BCUT2D eigenvalue weighted by molar-refractivity contribution is -0.121. The average Bonchev–Trinajstić information content (AvgIpc) is 2.30. The first-order chi connectivity index (χ1) is 8.13. The third-order valence-corrected chi connectivity index (χ3v) is 2.21. The van der Waals surface area contributed by atoms with Crippen LogP contribution in [0.3, 0.4) is 0 Å². The Labute approximate surface area is 101 Å². The molecule has 0 saturated heterocycles. The molecule has 1 aromatic carbocycles. The maximum atomic E-state index is 11.2. The number of Topliss-reactive ketones (excluding diaryl/α,β-unsaturated/α-hetero) is 1. The zero-order valence-electron chi connectivity index (χ0n) is 10.2. The van der Waals surface area contributed by atoms with Crippen molar-refractivity contribution in [3.63, 3.8) is 0 Å². The first-order valence-corrected chi connectivity index (χ1v) is 5.64. The van der Waals surface area contributed by atoms with Gasteiger partial charge >= 0.3 is 0 Å². The van der Waals surface area contributed by atoms with Crippen LogP contribution in [0.2, 0.25) is 0 Å².